The van der Waals surface area contributed by atoms with Crippen molar-refractivity contribution in [2.75, 3.05) is 33.0 Å². The van der Waals surface area contributed by atoms with Gasteiger partial charge < -0.3 is 19.9 Å². The van der Waals surface area contributed by atoms with Gasteiger partial charge in [0.2, 0.25) is 10.6 Å². The highest BCUT2D eigenvalue weighted by Gasteiger charge is 2.34. The van der Waals surface area contributed by atoms with E-state index >= 15 is 0 Å². The van der Waals surface area contributed by atoms with Crippen molar-refractivity contribution in [3.8, 4) is 0 Å². The molecule has 0 aromatic carbocycles. The van der Waals surface area contributed by atoms with Crippen LogP contribution in [-0.4, -0.2) is 64.8 Å². The lowest BCUT2D eigenvalue weighted by atomic mass is 9.82. The zero-order valence-electron chi connectivity index (χ0n) is 20.7. The number of hydrogen-bond acceptors (Lipinski definition) is 9. The number of carbonyl (C=O) groups excluding carboxylic acids is 2. The van der Waals surface area contributed by atoms with Crippen LogP contribution in [0.25, 0.3) is 0 Å². The van der Waals surface area contributed by atoms with Gasteiger partial charge in [-0.25, -0.2) is 24.7 Å². The Morgan fingerprint density at radius 1 is 0.917 bits per heavy atom. The van der Waals surface area contributed by atoms with Crippen LogP contribution in [-0.2, 0) is 27.1 Å². The second kappa shape index (κ2) is 12.2. The fourth-order valence-electron chi connectivity index (χ4n) is 3.79. The Bertz CT molecular complexity index is 1090. The summed E-state index contributed by atoms with van der Waals surface area (Å²) >= 11 is 11.4. The fourth-order valence-corrected chi connectivity index (χ4v) is 4.06. The Balaban J connectivity index is 0.000000202. The van der Waals surface area contributed by atoms with Gasteiger partial charge in [0.15, 0.2) is 5.69 Å². The van der Waals surface area contributed by atoms with Gasteiger partial charge in [0.25, 0.3) is 5.91 Å². The highest BCUT2D eigenvalue weighted by Crippen LogP contribution is 2.33. The number of nitrogens with two attached hydrogens (primary N) is 1. The molecule has 0 spiro atoms. The average Bonchev–Trinajstić information content (AvgIpc) is 2.80. The molecule has 4 rings (SSSR count). The normalized spacial score (nSPS) is 17.1. The lowest BCUT2D eigenvalue weighted by molar-refractivity contribution is -0.105. The van der Waals surface area contributed by atoms with Crippen LogP contribution < -0.4 is 5.73 Å². The van der Waals surface area contributed by atoms with Crippen LogP contribution in [0.3, 0.4) is 0 Å². The maximum Gasteiger partial charge on any atom is 0.357 e. The molecule has 2 fully saturated rings. The average molecular weight is 540 g/mol. The number of carbonyl (C=O) groups is 2. The van der Waals surface area contributed by atoms with E-state index in [1.54, 1.807) is 19.3 Å². The standard InChI is InChI=1S/C13H17ClN2O3.C11H14ClN3O2/c1-3-19-11(17)10-9(6-15-12(14)16-10)4-5-13(2)7-18-8-13;1-11(5-17-6-11)3-2-7-4-14-10(12)15-8(7)9(13)16/h6H,3-5,7-8H2,1-2H3;4H,2-3,5-6H2,1H3,(H2,13,16). The topological polar surface area (TPSA) is 139 Å². The molecule has 2 N–H and O–H groups in total. The lowest BCUT2D eigenvalue weighted by Gasteiger charge is -2.38. The second-order valence-electron chi connectivity index (χ2n) is 9.72. The largest absolute Gasteiger partial charge is 0.461 e. The van der Waals surface area contributed by atoms with Crippen LogP contribution in [0.4, 0.5) is 0 Å². The SMILES string of the molecule is CC1(CCc2cnc(Cl)nc2C(N)=O)COC1.CCOC(=O)c1nc(Cl)ncc1CCC1(C)COC1. The summed E-state index contributed by atoms with van der Waals surface area (Å²) in [6.45, 7) is 9.42. The summed E-state index contributed by atoms with van der Waals surface area (Å²) in [4.78, 5) is 38.7. The molecule has 0 saturated carbocycles. The number of halogens is 2. The molecular weight excluding hydrogens is 509 g/mol. The Morgan fingerprint density at radius 3 is 1.75 bits per heavy atom. The molecule has 2 aromatic rings. The maximum absolute atomic E-state index is 11.8. The summed E-state index contributed by atoms with van der Waals surface area (Å²) in [5.41, 5.74) is 7.64. The van der Waals surface area contributed by atoms with Gasteiger partial charge in [-0.05, 0) is 55.8 Å². The van der Waals surface area contributed by atoms with E-state index in [9.17, 15) is 9.59 Å². The second-order valence-corrected chi connectivity index (χ2v) is 10.4. The number of aromatic nitrogens is 4. The van der Waals surface area contributed by atoms with E-state index in [-0.39, 0.29) is 32.8 Å². The molecule has 0 bridgehead atoms. The molecule has 0 radical (unpaired) electrons. The van der Waals surface area contributed by atoms with Gasteiger partial charge in [-0.1, -0.05) is 13.8 Å². The Hall–Kier alpha value is -2.40. The van der Waals surface area contributed by atoms with Crippen molar-refractivity contribution in [1.29, 1.82) is 0 Å². The van der Waals surface area contributed by atoms with E-state index in [2.05, 4.69) is 33.8 Å². The van der Waals surface area contributed by atoms with Gasteiger partial charge in [0, 0.05) is 34.4 Å². The van der Waals surface area contributed by atoms with Crippen molar-refractivity contribution in [1.82, 2.24) is 19.9 Å². The number of ether oxygens (including phenoxy) is 3. The molecule has 0 atom stereocenters. The minimum absolute atomic E-state index is 0.0424. The first-order valence-corrected chi connectivity index (χ1v) is 12.4. The van der Waals surface area contributed by atoms with E-state index in [1.807, 2.05) is 0 Å². The maximum atomic E-state index is 11.8. The Kier molecular flexibility index (Phi) is 9.57. The van der Waals surface area contributed by atoms with E-state index in [4.69, 9.17) is 43.1 Å². The summed E-state index contributed by atoms with van der Waals surface area (Å²) < 4.78 is 15.4. The van der Waals surface area contributed by atoms with Crippen LogP contribution in [0.2, 0.25) is 10.6 Å². The predicted molar refractivity (Wildman–Crippen MR) is 133 cm³/mol. The lowest BCUT2D eigenvalue weighted by Crippen LogP contribution is -2.40. The third kappa shape index (κ3) is 7.55. The molecule has 196 valence electrons. The van der Waals surface area contributed by atoms with Crippen molar-refractivity contribution in [2.24, 2.45) is 16.6 Å². The van der Waals surface area contributed by atoms with Crippen molar-refractivity contribution in [3.05, 3.63) is 45.5 Å². The number of amides is 1. The molecule has 2 aromatic heterocycles. The quantitative estimate of drug-likeness (QED) is 0.374. The summed E-state index contributed by atoms with van der Waals surface area (Å²) in [6, 6.07) is 0. The van der Waals surface area contributed by atoms with Gasteiger partial charge in [0.1, 0.15) is 5.69 Å². The number of esters is 1. The van der Waals surface area contributed by atoms with Crippen molar-refractivity contribution in [3.63, 3.8) is 0 Å². The number of rotatable bonds is 9. The zero-order chi connectivity index (χ0) is 26.3. The van der Waals surface area contributed by atoms with Crippen molar-refractivity contribution >= 4 is 35.1 Å². The first-order chi connectivity index (χ1) is 17.0. The number of nitrogens with zero attached hydrogens (tertiary/aromatic N) is 4. The van der Waals surface area contributed by atoms with Crippen LogP contribution in [0.1, 0.15) is 65.7 Å². The van der Waals surface area contributed by atoms with Gasteiger partial charge in [-0.2, -0.15) is 0 Å². The number of hydrogen-bond donors (Lipinski definition) is 1. The van der Waals surface area contributed by atoms with Gasteiger partial charge in [-0.3, -0.25) is 4.79 Å². The first-order valence-electron chi connectivity index (χ1n) is 11.7. The van der Waals surface area contributed by atoms with Crippen LogP contribution >= 0.6 is 23.2 Å². The molecule has 2 aliphatic heterocycles. The monoisotopic (exact) mass is 539 g/mol. The molecule has 36 heavy (non-hydrogen) atoms. The van der Waals surface area contributed by atoms with Crippen LogP contribution in [0.15, 0.2) is 12.4 Å². The molecule has 0 aliphatic carbocycles. The first kappa shape index (κ1) is 28.2. The smallest absolute Gasteiger partial charge is 0.357 e. The summed E-state index contributed by atoms with van der Waals surface area (Å²) in [5.74, 6) is -1.02. The molecule has 12 heteroatoms. The molecule has 4 heterocycles. The molecule has 1 amide bonds. The minimum Gasteiger partial charge on any atom is -0.461 e. The molecule has 2 saturated heterocycles. The summed E-state index contributed by atoms with van der Waals surface area (Å²) in [7, 11) is 0. The van der Waals surface area contributed by atoms with Gasteiger partial charge in [-0.15, -0.1) is 0 Å². The van der Waals surface area contributed by atoms with E-state index in [0.717, 1.165) is 50.4 Å². The zero-order valence-corrected chi connectivity index (χ0v) is 22.2. The summed E-state index contributed by atoms with van der Waals surface area (Å²) in [5, 5.41) is 0.103. The summed E-state index contributed by atoms with van der Waals surface area (Å²) in [6.07, 6.45) is 6.42. The number of primary amides is 1. The minimum atomic E-state index is -0.570. The highest BCUT2D eigenvalue weighted by atomic mass is 35.5. The molecular formula is C24H31Cl2N5O5. The molecule has 10 nitrogen and oxygen atoms in total. The van der Waals surface area contributed by atoms with Crippen LogP contribution in [0, 0.1) is 10.8 Å². The van der Waals surface area contributed by atoms with Gasteiger partial charge >= 0.3 is 5.97 Å². The van der Waals surface area contributed by atoms with E-state index < -0.39 is 11.9 Å². The fraction of sp³-hybridized carbons (Fsp3) is 0.583. The third-order valence-electron chi connectivity index (χ3n) is 6.17. The van der Waals surface area contributed by atoms with Gasteiger partial charge in [0.05, 0.1) is 33.0 Å². The van der Waals surface area contributed by atoms with Crippen LogP contribution in [0.5, 0.6) is 0 Å². The number of aryl methyl sites for hydroxylation is 2. The molecule has 0 unspecified atom stereocenters. The van der Waals surface area contributed by atoms with Crippen molar-refractivity contribution < 1.29 is 23.8 Å². The highest BCUT2D eigenvalue weighted by molar-refractivity contribution is 6.28. The van der Waals surface area contributed by atoms with E-state index in [0.29, 0.717) is 19.4 Å². The Labute approximate surface area is 220 Å². The molecule has 2 aliphatic rings. The Morgan fingerprint density at radius 2 is 1.36 bits per heavy atom. The van der Waals surface area contributed by atoms with E-state index in [1.165, 1.54) is 0 Å². The predicted octanol–water partition coefficient (Wildman–Crippen LogP) is 3.47. The third-order valence-corrected chi connectivity index (χ3v) is 6.53. The van der Waals surface area contributed by atoms with Crippen molar-refractivity contribution in [2.45, 2.75) is 46.5 Å².